The highest BCUT2D eigenvalue weighted by Gasteiger charge is 2.38. The summed E-state index contributed by atoms with van der Waals surface area (Å²) >= 11 is 4.09. The molecule has 0 unspecified atom stereocenters. The molecule has 4 nitrogen and oxygen atoms in total. The monoisotopic (exact) mass is 190 g/mol. The SMILES string of the molecule is NC(N)=S.O=C(O)C(F)(F)F. The van der Waals surface area contributed by atoms with Gasteiger partial charge < -0.3 is 16.6 Å². The summed E-state index contributed by atoms with van der Waals surface area (Å²) in [5.41, 5.74) is 9.24. The number of carboxylic acid groups (broad SMARTS) is 1. The number of nitrogens with two attached hydrogens (primary N) is 2. The molecule has 66 valence electrons. The van der Waals surface area contributed by atoms with Gasteiger partial charge in [-0.1, -0.05) is 0 Å². The van der Waals surface area contributed by atoms with Crippen LogP contribution in [0.4, 0.5) is 13.2 Å². The fourth-order valence-electron chi connectivity index (χ4n) is 0. The smallest absolute Gasteiger partial charge is 0.475 e. The molecule has 0 aromatic heterocycles. The Hall–Kier alpha value is -1.05. The van der Waals surface area contributed by atoms with Gasteiger partial charge in [0.1, 0.15) is 0 Å². The standard InChI is InChI=1S/C2HF3O2.CH4N2S/c3-2(4,5)1(6)7;2-1(3)4/h(H,6,7);(H4,2,3,4). The topological polar surface area (TPSA) is 89.3 Å². The molecule has 0 bridgehead atoms. The molecule has 0 aromatic carbocycles. The molecule has 0 spiro atoms. The Morgan fingerprint density at radius 3 is 1.45 bits per heavy atom. The zero-order valence-corrected chi connectivity index (χ0v) is 5.87. The van der Waals surface area contributed by atoms with Gasteiger partial charge in [0.05, 0.1) is 0 Å². The van der Waals surface area contributed by atoms with E-state index in [0.717, 1.165) is 0 Å². The van der Waals surface area contributed by atoms with Crippen LogP contribution in [0.2, 0.25) is 0 Å². The van der Waals surface area contributed by atoms with Crippen molar-refractivity contribution in [2.75, 3.05) is 0 Å². The fourth-order valence-corrected chi connectivity index (χ4v) is 0. The van der Waals surface area contributed by atoms with Gasteiger partial charge in [-0.2, -0.15) is 13.2 Å². The lowest BCUT2D eigenvalue weighted by Crippen LogP contribution is -2.21. The summed E-state index contributed by atoms with van der Waals surface area (Å²) in [7, 11) is 0. The Balaban J connectivity index is 0. The number of carboxylic acids is 1. The van der Waals surface area contributed by atoms with Crippen LogP contribution in [-0.2, 0) is 4.79 Å². The van der Waals surface area contributed by atoms with Crippen LogP contribution >= 0.6 is 12.2 Å². The molecule has 0 aromatic rings. The first-order valence-corrected chi connectivity index (χ1v) is 2.43. The molecule has 0 rings (SSSR count). The van der Waals surface area contributed by atoms with E-state index in [9.17, 15) is 13.2 Å². The third kappa shape index (κ3) is 17.6. The fraction of sp³-hybridized carbons (Fsp3) is 0.333. The molecule has 0 saturated heterocycles. The number of halogens is 3. The van der Waals surface area contributed by atoms with E-state index in [0.29, 0.717) is 0 Å². The van der Waals surface area contributed by atoms with Crippen LogP contribution in [0.5, 0.6) is 0 Å². The van der Waals surface area contributed by atoms with E-state index in [-0.39, 0.29) is 5.11 Å². The molecule has 0 radical (unpaired) electrons. The van der Waals surface area contributed by atoms with Gasteiger partial charge in [0, 0.05) is 0 Å². The second kappa shape index (κ2) is 4.72. The average molecular weight is 190 g/mol. The Morgan fingerprint density at radius 2 is 1.45 bits per heavy atom. The number of aliphatic carboxylic acids is 1. The lowest BCUT2D eigenvalue weighted by Gasteiger charge is -1.93. The molecule has 0 atom stereocenters. The highest BCUT2D eigenvalue weighted by molar-refractivity contribution is 7.80. The zero-order valence-electron chi connectivity index (χ0n) is 5.05. The molecule has 0 aliphatic carbocycles. The molecule has 5 N–H and O–H groups in total. The van der Waals surface area contributed by atoms with Gasteiger partial charge in [-0.25, -0.2) is 4.79 Å². The van der Waals surface area contributed by atoms with Crippen LogP contribution in [0.3, 0.4) is 0 Å². The Kier molecular flexibility index (Phi) is 5.41. The normalized spacial score (nSPS) is 9.36. The van der Waals surface area contributed by atoms with Crippen LogP contribution in [0, 0.1) is 0 Å². The lowest BCUT2D eigenvalue weighted by molar-refractivity contribution is -0.192. The maximum absolute atomic E-state index is 10.6. The van der Waals surface area contributed by atoms with Crippen LogP contribution in [0.25, 0.3) is 0 Å². The maximum atomic E-state index is 10.6. The van der Waals surface area contributed by atoms with Gasteiger partial charge in [0.15, 0.2) is 5.11 Å². The summed E-state index contributed by atoms with van der Waals surface area (Å²) in [6.45, 7) is 0. The zero-order chi connectivity index (χ0) is 9.65. The predicted octanol–water partition coefficient (Wildman–Crippen LogP) is -0.178. The van der Waals surface area contributed by atoms with Crippen LogP contribution < -0.4 is 11.5 Å². The van der Waals surface area contributed by atoms with E-state index in [2.05, 4.69) is 23.7 Å². The van der Waals surface area contributed by atoms with Gasteiger partial charge in [-0.3, -0.25) is 0 Å². The molecule has 11 heavy (non-hydrogen) atoms. The average Bonchev–Trinajstić information content (AvgIpc) is 1.59. The van der Waals surface area contributed by atoms with Gasteiger partial charge in [0.2, 0.25) is 0 Å². The summed E-state index contributed by atoms with van der Waals surface area (Å²) < 4.78 is 31.7. The Morgan fingerprint density at radius 1 is 1.36 bits per heavy atom. The number of hydrogen-bond acceptors (Lipinski definition) is 2. The maximum Gasteiger partial charge on any atom is 0.490 e. The van der Waals surface area contributed by atoms with Crippen LogP contribution in [0.15, 0.2) is 0 Å². The van der Waals surface area contributed by atoms with Crippen molar-refractivity contribution < 1.29 is 23.1 Å². The lowest BCUT2D eigenvalue weighted by atomic mass is 10.7. The summed E-state index contributed by atoms with van der Waals surface area (Å²) in [5, 5.41) is 7.12. The number of alkyl halides is 3. The summed E-state index contributed by atoms with van der Waals surface area (Å²) in [5.74, 6) is -2.76. The second-order valence-corrected chi connectivity index (χ2v) is 1.68. The van der Waals surface area contributed by atoms with E-state index < -0.39 is 12.1 Å². The van der Waals surface area contributed by atoms with Gasteiger partial charge in [0.25, 0.3) is 0 Å². The summed E-state index contributed by atoms with van der Waals surface area (Å²) in [6.07, 6.45) is -5.08. The first kappa shape index (κ1) is 12.6. The Labute approximate surface area is 65.0 Å². The minimum Gasteiger partial charge on any atom is -0.475 e. The summed E-state index contributed by atoms with van der Waals surface area (Å²) in [4.78, 5) is 8.90. The van der Waals surface area contributed by atoms with Crippen LogP contribution in [0.1, 0.15) is 0 Å². The third-order valence-corrected chi connectivity index (χ3v) is 0.243. The van der Waals surface area contributed by atoms with Crippen molar-refractivity contribution in [1.29, 1.82) is 0 Å². The third-order valence-electron chi connectivity index (χ3n) is 0.243. The molecule has 0 fully saturated rings. The first-order chi connectivity index (χ1) is 4.68. The number of thiocarbonyl (C=S) groups is 1. The number of hydrogen-bond donors (Lipinski definition) is 3. The number of rotatable bonds is 0. The van der Waals surface area contributed by atoms with Crippen LogP contribution in [-0.4, -0.2) is 22.4 Å². The second-order valence-electron chi connectivity index (χ2n) is 1.21. The van der Waals surface area contributed by atoms with Crippen molar-refractivity contribution in [2.45, 2.75) is 6.18 Å². The van der Waals surface area contributed by atoms with Crippen molar-refractivity contribution in [3.05, 3.63) is 0 Å². The quantitative estimate of drug-likeness (QED) is 0.461. The van der Waals surface area contributed by atoms with Gasteiger partial charge in [-0.15, -0.1) is 0 Å². The summed E-state index contributed by atoms with van der Waals surface area (Å²) in [6, 6.07) is 0. The molecule has 0 aliphatic rings. The highest BCUT2D eigenvalue weighted by Crippen LogP contribution is 2.13. The minimum absolute atomic E-state index is 0.000000000000000222. The molecule has 0 heterocycles. The molecule has 0 saturated carbocycles. The van der Waals surface area contributed by atoms with Gasteiger partial charge >= 0.3 is 12.1 Å². The molecular weight excluding hydrogens is 185 g/mol. The van der Waals surface area contributed by atoms with Crippen molar-refractivity contribution in [3.8, 4) is 0 Å². The van der Waals surface area contributed by atoms with Crippen molar-refractivity contribution >= 4 is 23.3 Å². The highest BCUT2D eigenvalue weighted by atomic mass is 32.1. The van der Waals surface area contributed by atoms with E-state index in [1.165, 1.54) is 0 Å². The van der Waals surface area contributed by atoms with E-state index in [1.54, 1.807) is 0 Å². The van der Waals surface area contributed by atoms with E-state index >= 15 is 0 Å². The van der Waals surface area contributed by atoms with Crippen molar-refractivity contribution in [1.82, 2.24) is 0 Å². The van der Waals surface area contributed by atoms with E-state index in [4.69, 9.17) is 9.90 Å². The van der Waals surface area contributed by atoms with Crippen molar-refractivity contribution in [2.24, 2.45) is 11.5 Å². The van der Waals surface area contributed by atoms with Crippen molar-refractivity contribution in [3.63, 3.8) is 0 Å². The minimum atomic E-state index is -5.08. The van der Waals surface area contributed by atoms with Gasteiger partial charge in [-0.05, 0) is 12.2 Å². The van der Waals surface area contributed by atoms with E-state index in [1.807, 2.05) is 0 Å². The molecule has 0 amide bonds. The Bertz CT molecular complexity index is 153. The largest absolute Gasteiger partial charge is 0.490 e. The predicted molar refractivity (Wildman–Crippen MR) is 34.7 cm³/mol. The molecule has 8 heteroatoms. The number of carbonyl (C=O) groups is 1. The molecular formula is C3H5F3N2O2S. The first-order valence-electron chi connectivity index (χ1n) is 2.03. The molecule has 0 aliphatic heterocycles.